The molecule has 2 aliphatic heterocycles. The van der Waals surface area contributed by atoms with E-state index in [4.69, 9.17) is 9.47 Å². The maximum Gasteiger partial charge on any atom is 0.225 e. The van der Waals surface area contributed by atoms with Gasteiger partial charge < -0.3 is 25.0 Å². The molecule has 0 spiro atoms. The molecule has 1 saturated heterocycles. The Kier molecular flexibility index (Phi) is 8.47. The standard InChI is InChI=1S/C22H32N4O3.HI/c1-23-22(24-14-16-7-8-19-20(13-16)29-12-4-11-28-19)25-18-9-10-26(15-18)21(27)17-5-2-3-6-17;/h7-8,13,17-18H,2-6,9-12,14-15H2,1H3,(H2,23,24,25);1H. The third-order valence-corrected chi connectivity index (χ3v) is 6.04. The van der Waals surface area contributed by atoms with Crippen molar-refractivity contribution >= 4 is 35.8 Å². The molecule has 0 radical (unpaired) electrons. The van der Waals surface area contributed by atoms with Crippen LogP contribution in [0, 0.1) is 5.92 Å². The van der Waals surface area contributed by atoms with Crippen LogP contribution >= 0.6 is 24.0 Å². The van der Waals surface area contributed by atoms with Gasteiger partial charge in [0.1, 0.15) is 0 Å². The van der Waals surface area contributed by atoms with Crippen LogP contribution < -0.4 is 20.1 Å². The van der Waals surface area contributed by atoms with Gasteiger partial charge >= 0.3 is 0 Å². The van der Waals surface area contributed by atoms with E-state index in [-0.39, 0.29) is 35.9 Å². The van der Waals surface area contributed by atoms with E-state index in [1.54, 1.807) is 7.05 Å². The number of guanidine groups is 1. The van der Waals surface area contributed by atoms with Gasteiger partial charge in [0.2, 0.25) is 5.91 Å². The van der Waals surface area contributed by atoms with Crippen LogP contribution in [0.15, 0.2) is 23.2 Å². The van der Waals surface area contributed by atoms with Crippen LogP contribution in [-0.4, -0.2) is 56.2 Å². The van der Waals surface area contributed by atoms with Crippen LogP contribution in [0.4, 0.5) is 0 Å². The van der Waals surface area contributed by atoms with Crippen molar-refractivity contribution in [3.8, 4) is 11.5 Å². The summed E-state index contributed by atoms with van der Waals surface area (Å²) < 4.78 is 11.5. The fourth-order valence-corrected chi connectivity index (χ4v) is 4.40. The summed E-state index contributed by atoms with van der Waals surface area (Å²) in [6, 6.07) is 6.29. The topological polar surface area (TPSA) is 75.2 Å². The molecule has 1 saturated carbocycles. The number of amides is 1. The largest absolute Gasteiger partial charge is 0.490 e. The van der Waals surface area contributed by atoms with E-state index in [0.29, 0.717) is 25.7 Å². The minimum atomic E-state index is 0. The molecule has 7 nitrogen and oxygen atoms in total. The SMILES string of the molecule is CN=C(NCc1ccc2c(c1)OCCCO2)NC1CCN(C(=O)C2CCCC2)C1.I. The smallest absolute Gasteiger partial charge is 0.225 e. The van der Waals surface area contributed by atoms with Crippen LogP contribution in [0.5, 0.6) is 11.5 Å². The molecule has 0 aromatic heterocycles. The highest BCUT2D eigenvalue weighted by molar-refractivity contribution is 14.0. The van der Waals surface area contributed by atoms with E-state index < -0.39 is 0 Å². The Labute approximate surface area is 196 Å². The molecule has 2 fully saturated rings. The Bertz CT molecular complexity index is 752. The summed E-state index contributed by atoms with van der Waals surface area (Å²) in [5.41, 5.74) is 1.11. The maximum atomic E-state index is 12.6. The highest BCUT2D eigenvalue weighted by Gasteiger charge is 2.32. The Morgan fingerprint density at radius 1 is 1.13 bits per heavy atom. The molecular weight excluding hydrogens is 495 g/mol. The molecule has 0 bridgehead atoms. The minimum absolute atomic E-state index is 0. The van der Waals surface area contributed by atoms with Crippen molar-refractivity contribution in [1.82, 2.24) is 15.5 Å². The summed E-state index contributed by atoms with van der Waals surface area (Å²) in [5, 5.41) is 6.85. The first-order valence-electron chi connectivity index (χ1n) is 10.9. The molecule has 8 heteroatoms. The first-order chi connectivity index (χ1) is 14.2. The van der Waals surface area contributed by atoms with Gasteiger partial charge in [-0.05, 0) is 37.0 Å². The zero-order valence-electron chi connectivity index (χ0n) is 17.7. The number of carbonyl (C=O) groups excluding carboxylic acids is 1. The number of halogens is 1. The van der Waals surface area contributed by atoms with Crippen LogP contribution in [0.2, 0.25) is 0 Å². The summed E-state index contributed by atoms with van der Waals surface area (Å²) in [7, 11) is 1.78. The first-order valence-corrected chi connectivity index (χ1v) is 10.9. The Balaban J connectivity index is 0.00000256. The number of fused-ring (bicyclic) bond motifs is 1. The predicted molar refractivity (Wildman–Crippen MR) is 128 cm³/mol. The summed E-state index contributed by atoms with van der Waals surface area (Å²) in [6.07, 6.45) is 6.38. The van der Waals surface area contributed by atoms with Gasteiger partial charge in [0.25, 0.3) is 0 Å². The Morgan fingerprint density at radius 2 is 1.90 bits per heavy atom. The van der Waals surface area contributed by atoms with Gasteiger partial charge in [0.15, 0.2) is 17.5 Å². The van der Waals surface area contributed by atoms with Gasteiger partial charge in [-0.15, -0.1) is 24.0 Å². The molecule has 1 aliphatic carbocycles. The summed E-state index contributed by atoms with van der Waals surface area (Å²) in [4.78, 5) is 19.0. The lowest BCUT2D eigenvalue weighted by Gasteiger charge is -2.21. The number of hydrogen-bond acceptors (Lipinski definition) is 4. The number of nitrogens with zero attached hydrogens (tertiary/aromatic N) is 2. The second kappa shape index (κ2) is 11.1. The van der Waals surface area contributed by atoms with Crippen LogP contribution in [0.25, 0.3) is 0 Å². The molecule has 1 aromatic rings. The average molecular weight is 528 g/mol. The van der Waals surface area contributed by atoms with Crippen molar-refractivity contribution in [1.29, 1.82) is 0 Å². The number of hydrogen-bond donors (Lipinski definition) is 2. The van der Waals surface area contributed by atoms with Crippen LogP contribution in [0.1, 0.15) is 44.1 Å². The molecule has 4 rings (SSSR count). The van der Waals surface area contributed by atoms with Gasteiger partial charge in [-0.1, -0.05) is 18.9 Å². The molecule has 1 amide bonds. The van der Waals surface area contributed by atoms with Crippen LogP contribution in [0.3, 0.4) is 0 Å². The lowest BCUT2D eigenvalue weighted by atomic mass is 10.1. The van der Waals surface area contributed by atoms with E-state index in [9.17, 15) is 4.79 Å². The van der Waals surface area contributed by atoms with E-state index in [1.807, 2.05) is 23.1 Å². The molecule has 1 unspecified atom stereocenters. The zero-order valence-corrected chi connectivity index (χ0v) is 20.0. The van der Waals surface area contributed by atoms with Crippen molar-refractivity contribution in [2.24, 2.45) is 10.9 Å². The summed E-state index contributed by atoms with van der Waals surface area (Å²) in [5.74, 6) is 2.98. The van der Waals surface area contributed by atoms with Crippen molar-refractivity contribution in [2.75, 3.05) is 33.4 Å². The van der Waals surface area contributed by atoms with E-state index in [0.717, 1.165) is 61.8 Å². The lowest BCUT2D eigenvalue weighted by Crippen LogP contribution is -2.45. The number of ether oxygens (including phenoxy) is 2. The van der Waals surface area contributed by atoms with Gasteiger partial charge in [0.05, 0.1) is 13.2 Å². The fourth-order valence-electron chi connectivity index (χ4n) is 4.40. The first kappa shape index (κ1) is 23.0. The molecule has 1 atom stereocenters. The number of likely N-dealkylation sites (tertiary alicyclic amines) is 1. The van der Waals surface area contributed by atoms with Gasteiger partial charge in [-0.25, -0.2) is 0 Å². The summed E-state index contributed by atoms with van der Waals surface area (Å²) in [6.45, 7) is 3.63. The third-order valence-electron chi connectivity index (χ3n) is 6.04. The number of rotatable bonds is 4. The Hall–Kier alpha value is -1.71. The number of aliphatic imine (C=N–C) groups is 1. The fraction of sp³-hybridized carbons (Fsp3) is 0.636. The lowest BCUT2D eigenvalue weighted by molar-refractivity contribution is -0.134. The summed E-state index contributed by atoms with van der Waals surface area (Å²) >= 11 is 0. The number of nitrogens with one attached hydrogen (secondary N) is 2. The minimum Gasteiger partial charge on any atom is -0.490 e. The van der Waals surface area contributed by atoms with Crippen molar-refractivity contribution < 1.29 is 14.3 Å². The molecular formula is C22H33IN4O3. The van der Waals surface area contributed by atoms with E-state index in [1.165, 1.54) is 12.8 Å². The van der Waals surface area contributed by atoms with Crippen molar-refractivity contribution in [3.05, 3.63) is 23.8 Å². The van der Waals surface area contributed by atoms with Crippen LogP contribution in [-0.2, 0) is 11.3 Å². The highest BCUT2D eigenvalue weighted by atomic mass is 127. The normalized spacial score (nSPS) is 21.7. The Morgan fingerprint density at radius 3 is 2.67 bits per heavy atom. The molecule has 166 valence electrons. The molecule has 2 N–H and O–H groups in total. The monoisotopic (exact) mass is 528 g/mol. The van der Waals surface area contributed by atoms with E-state index in [2.05, 4.69) is 15.6 Å². The zero-order chi connectivity index (χ0) is 20.1. The molecule has 3 aliphatic rings. The molecule has 30 heavy (non-hydrogen) atoms. The van der Waals surface area contributed by atoms with E-state index >= 15 is 0 Å². The number of benzene rings is 1. The number of carbonyl (C=O) groups is 1. The average Bonchev–Trinajstić information content (AvgIpc) is 3.39. The predicted octanol–water partition coefficient (Wildman–Crippen LogP) is 2.92. The molecule has 2 heterocycles. The molecule has 1 aromatic carbocycles. The second-order valence-electron chi connectivity index (χ2n) is 8.15. The van der Waals surface area contributed by atoms with Crippen molar-refractivity contribution in [2.45, 2.75) is 51.1 Å². The van der Waals surface area contributed by atoms with Gasteiger partial charge in [0, 0.05) is 45.1 Å². The van der Waals surface area contributed by atoms with Crippen molar-refractivity contribution in [3.63, 3.8) is 0 Å². The maximum absolute atomic E-state index is 12.6. The highest BCUT2D eigenvalue weighted by Crippen LogP contribution is 2.30. The quantitative estimate of drug-likeness (QED) is 0.357. The van der Waals surface area contributed by atoms with Gasteiger partial charge in [-0.3, -0.25) is 9.79 Å². The third kappa shape index (κ3) is 5.70. The van der Waals surface area contributed by atoms with Gasteiger partial charge in [-0.2, -0.15) is 0 Å². The second-order valence-corrected chi connectivity index (χ2v) is 8.15.